The molecule has 0 amide bonds. The Bertz CT molecular complexity index is 198. The highest BCUT2D eigenvalue weighted by molar-refractivity contribution is 6.71. The number of allylic oxidation sites excluding steroid dienone is 1. The summed E-state index contributed by atoms with van der Waals surface area (Å²) in [5, 5.41) is 0. The molecule has 0 aromatic rings. The van der Waals surface area contributed by atoms with Gasteiger partial charge in [0.05, 0.1) is 7.11 Å². The lowest BCUT2D eigenvalue weighted by Crippen LogP contribution is -2.30. The number of halogens is 1. The molecule has 0 atom stereocenters. The molecule has 0 N–H and O–H groups in total. The molecule has 0 rings (SSSR count). The van der Waals surface area contributed by atoms with Crippen LogP contribution in [0, 0.1) is 0 Å². The predicted molar refractivity (Wildman–Crippen MR) is 64.1 cm³/mol. The Kier molecular flexibility index (Phi) is 6.28. The zero-order valence-corrected chi connectivity index (χ0v) is 11.6. The molecule has 0 bridgehead atoms. The van der Waals surface area contributed by atoms with Crippen LogP contribution < -0.4 is 0 Å². The van der Waals surface area contributed by atoms with Crippen LogP contribution in [0.5, 0.6) is 0 Å². The van der Waals surface area contributed by atoms with Crippen molar-refractivity contribution in [2.24, 2.45) is 0 Å². The third kappa shape index (κ3) is 5.55. The third-order valence-corrected chi connectivity index (χ3v) is 4.44. The minimum Gasteiger partial charge on any atom is -0.519 e. The first-order chi connectivity index (χ1) is 6.43. The van der Waals surface area contributed by atoms with Crippen LogP contribution in [-0.2, 0) is 9.16 Å². The second-order valence-corrected chi connectivity index (χ2v) is 8.75. The molecule has 2 nitrogen and oxygen atoms in total. The minimum atomic E-state index is -1.64. The molecule has 14 heavy (non-hydrogen) atoms. The first-order valence-electron chi connectivity index (χ1n) is 4.89. The van der Waals surface area contributed by atoms with Crippen molar-refractivity contribution >= 4 is 19.9 Å². The van der Waals surface area contributed by atoms with Gasteiger partial charge in [0, 0.05) is 11.5 Å². The van der Waals surface area contributed by atoms with Gasteiger partial charge in [-0.1, -0.05) is 0 Å². The van der Waals surface area contributed by atoms with Crippen molar-refractivity contribution in [3.05, 3.63) is 11.5 Å². The molecule has 0 saturated carbocycles. The van der Waals surface area contributed by atoms with Gasteiger partial charge < -0.3 is 9.16 Å². The summed E-state index contributed by atoms with van der Waals surface area (Å²) in [6, 6.07) is 1.07. The highest BCUT2D eigenvalue weighted by atomic mass is 35.5. The predicted octanol–water partition coefficient (Wildman–Crippen LogP) is 3.73. The van der Waals surface area contributed by atoms with Crippen LogP contribution in [0.3, 0.4) is 0 Å². The van der Waals surface area contributed by atoms with Crippen molar-refractivity contribution in [2.75, 3.05) is 13.0 Å². The average molecular weight is 237 g/mol. The van der Waals surface area contributed by atoms with Crippen molar-refractivity contribution in [3.63, 3.8) is 0 Å². The van der Waals surface area contributed by atoms with Crippen molar-refractivity contribution in [3.8, 4) is 0 Å². The number of methoxy groups -OCH3 is 1. The van der Waals surface area contributed by atoms with E-state index in [0.29, 0.717) is 11.8 Å². The van der Waals surface area contributed by atoms with E-state index in [1.807, 2.05) is 13.8 Å². The normalized spacial score (nSPS) is 11.0. The van der Waals surface area contributed by atoms with E-state index in [2.05, 4.69) is 13.1 Å². The molecule has 0 aliphatic carbocycles. The molecule has 84 valence electrons. The van der Waals surface area contributed by atoms with E-state index in [4.69, 9.17) is 20.8 Å². The summed E-state index contributed by atoms with van der Waals surface area (Å²) in [6.07, 6.45) is 1.01. The summed E-state index contributed by atoms with van der Waals surface area (Å²) in [5.41, 5.74) is 1.08. The summed E-state index contributed by atoms with van der Waals surface area (Å²) in [6.45, 7) is 8.35. The number of rotatable bonds is 6. The Morgan fingerprint density at radius 3 is 2.21 bits per heavy atom. The molecule has 0 spiro atoms. The second-order valence-electron chi connectivity index (χ2n) is 4.15. The zero-order chi connectivity index (χ0) is 11.2. The number of hydrogen-bond acceptors (Lipinski definition) is 2. The molecule has 0 aromatic carbocycles. The van der Waals surface area contributed by atoms with Gasteiger partial charge in [-0.25, -0.2) is 0 Å². The number of ether oxygens (including phenoxy) is 1. The van der Waals surface area contributed by atoms with Gasteiger partial charge in [0.15, 0.2) is 0 Å². The molecule has 0 aliphatic rings. The standard InChI is InChI=1S/C10H21ClO2Si/c1-9(2)10(12-3)13-14(4,5)8-6-7-11/h6-8H2,1-5H3. The molecular weight excluding hydrogens is 216 g/mol. The van der Waals surface area contributed by atoms with Gasteiger partial charge in [0.1, 0.15) is 0 Å². The Morgan fingerprint density at radius 2 is 1.86 bits per heavy atom. The summed E-state index contributed by atoms with van der Waals surface area (Å²) < 4.78 is 11.1. The molecule has 0 heterocycles. The minimum absolute atomic E-state index is 0.677. The van der Waals surface area contributed by atoms with E-state index in [1.165, 1.54) is 0 Å². The average Bonchev–Trinajstić information content (AvgIpc) is 2.10. The van der Waals surface area contributed by atoms with E-state index in [0.717, 1.165) is 18.0 Å². The lowest BCUT2D eigenvalue weighted by Gasteiger charge is -2.25. The van der Waals surface area contributed by atoms with Crippen molar-refractivity contribution in [2.45, 2.75) is 39.4 Å². The molecule has 0 aromatic heterocycles. The van der Waals surface area contributed by atoms with Gasteiger partial charge in [0.25, 0.3) is 5.95 Å². The number of alkyl halides is 1. The van der Waals surface area contributed by atoms with Crippen molar-refractivity contribution < 1.29 is 9.16 Å². The Hall–Kier alpha value is -0.153. The van der Waals surface area contributed by atoms with Gasteiger partial charge in [-0.15, -0.1) is 11.6 Å². The summed E-state index contributed by atoms with van der Waals surface area (Å²) >= 11 is 5.66. The van der Waals surface area contributed by atoms with Crippen LogP contribution in [0.1, 0.15) is 20.3 Å². The molecule has 4 heteroatoms. The van der Waals surface area contributed by atoms with Crippen LogP contribution in [0.15, 0.2) is 11.5 Å². The summed E-state index contributed by atoms with van der Waals surface area (Å²) in [5.74, 6) is 1.38. The topological polar surface area (TPSA) is 18.5 Å². The lowest BCUT2D eigenvalue weighted by molar-refractivity contribution is 0.141. The third-order valence-electron chi connectivity index (χ3n) is 1.88. The maximum absolute atomic E-state index is 5.89. The Morgan fingerprint density at radius 1 is 1.29 bits per heavy atom. The van der Waals surface area contributed by atoms with Gasteiger partial charge in [-0.3, -0.25) is 0 Å². The zero-order valence-electron chi connectivity index (χ0n) is 9.82. The van der Waals surface area contributed by atoms with Crippen molar-refractivity contribution in [1.82, 2.24) is 0 Å². The second kappa shape index (κ2) is 6.35. The van der Waals surface area contributed by atoms with Crippen LogP contribution in [-0.4, -0.2) is 21.3 Å². The fraction of sp³-hybridized carbons (Fsp3) is 0.800. The van der Waals surface area contributed by atoms with Gasteiger partial charge in [-0.2, -0.15) is 0 Å². The highest BCUT2D eigenvalue weighted by Gasteiger charge is 2.25. The molecule has 0 saturated heterocycles. The smallest absolute Gasteiger partial charge is 0.263 e. The van der Waals surface area contributed by atoms with Gasteiger partial charge >= 0.3 is 0 Å². The molecule has 0 radical (unpaired) electrons. The van der Waals surface area contributed by atoms with Crippen LogP contribution in [0.4, 0.5) is 0 Å². The first kappa shape index (κ1) is 13.8. The molecule has 0 aliphatic heterocycles. The van der Waals surface area contributed by atoms with Crippen molar-refractivity contribution in [1.29, 1.82) is 0 Å². The first-order valence-corrected chi connectivity index (χ1v) is 8.54. The van der Waals surface area contributed by atoms with Gasteiger partial charge in [0.2, 0.25) is 8.32 Å². The lowest BCUT2D eigenvalue weighted by atomic mass is 10.4. The Labute approximate surface area is 93.4 Å². The van der Waals surface area contributed by atoms with E-state index >= 15 is 0 Å². The van der Waals surface area contributed by atoms with E-state index in [9.17, 15) is 0 Å². The van der Waals surface area contributed by atoms with Crippen LogP contribution in [0.25, 0.3) is 0 Å². The molecule has 0 fully saturated rings. The van der Waals surface area contributed by atoms with Crippen LogP contribution in [0.2, 0.25) is 19.1 Å². The largest absolute Gasteiger partial charge is 0.519 e. The fourth-order valence-electron chi connectivity index (χ4n) is 1.14. The monoisotopic (exact) mass is 236 g/mol. The highest BCUT2D eigenvalue weighted by Crippen LogP contribution is 2.20. The number of hydrogen-bond donors (Lipinski definition) is 0. The summed E-state index contributed by atoms with van der Waals surface area (Å²) in [4.78, 5) is 0. The van der Waals surface area contributed by atoms with Gasteiger partial charge in [-0.05, 0) is 39.4 Å². The SMILES string of the molecule is COC(O[Si](C)(C)CCCCl)=C(C)C. The quantitative estimate of drug-likeness (QED) is 0.398. The van der Waals surface area contributed by atoms with E-state index < -0.39 is 8.32 Å². The Balaban J connectivity index is 4.25. The molecule has 0 unspecified atom stereocenters. The van der Waals surface area contributed by atoms with Crippen LogP contribution >= 0.6 is 11.6 Å². The van der Waals surface area contributed by atoms with E-state index in [1.54, 1.807) is 7.11 Å². The maximum atomic E-state index is 5.89. The summed E-state index contributed by atoms with van der Waals surface area (Å²) in [7, 11) is 0.00875. The maximum Gasteiger partial charge on any atom is 0.263 e. The van der Waals surface area contributed by atoms with E-state index in [-0.39, 0.29) is 0 Å². The molecular formula is C10H21ClO2Si. The fourth-order valence-corrected chi connectivity index (χ4v) is 3.42.